The van der Waals surface area contributed by atoms with E-state index < -0.39 is 0 Å². The normalized spacial score (nSPS) is 15.6. The molecule has 1 aliphatic heterocycles. The number of esters is 1. The predicted molar refractivity (Wildman–Crippen MR) is 67.2 cm³/mol. The van der Waals surface area contributed by atoms with Gasteiger partial charge >= 0.3 is 5.97 Å². The Kier molecular flexibility index (Phi) is 4.50. The summed E-state index contributed by atoms with van der Waals surface area (Å²) < 4.78 is 10.3. The van der Waals surface area contributed by atoms with Gasteiger partial charge in [-0.1, -0.05) is 0 Å². The van der Waals surface area contributed by atoms with E-state index in [0.29, 0.717) is 12.2 Å². The van der Waals surface area contributed by atoms with Crippen molar-refractivity contribution in [2.75, 3.05) is 25.4 Å². The van der Waals surface area contributed by atoms with Crippen LogP contribution in [0, 0.1) is 5.92 Å². The zero-order valence-electron chi connectivity index (χ0n) is 9.90. The molecule has 1 fully saturated rings. The highest BCUT2D eigenvalue weighted by molar-refractivity contribution is 7.98. The molecule has 0 spiro atoms. The van der Waals surface area contributed by atoms with E-state index in [2.05, 4.69) is 5.32 Å². The van der Waals surface area contributed by atoms with E-state index in [4.69, 9.17) is 9.15 Å². The first-order chi connectivity index (χ1) is 8.31. The van der Waals surface area contributed by atoms with Crippen LogP contribution in [0.5, 0.6) is 0 Å². The third-order valence-electron chi connectivity index (χ3n) is 2.69. The average Bonchev–Trinajstić information content (AvgIpc) is 2.70. The first kappa shape index (κ1) is 12.5. The highest BCUT2D eigenvalue weighted by Crippen LogP contribution is 2.21. The molecule has 17 heavy (non-hydrogen) atoms. The van der Waals surface area contributed by atoms with Crippen LogP contribution in [-0.2, 0) is 10.5 Å². The van der Waals surface area contributed by atoms with Gasteiger partial charge in [0.05, 0.1) is 18.6 Å². The molecule has 1 N–H and O–H groups in total. The standard InChI is InChI=1S/C12H17NO3S/c1-2-15-12(14)10-3-4-16-11(10)8-17-7-9-5-13-6-9/h3-4,9,13H,2,5-8H2,1H3. The number of rotatable bonds is 6. The van der Waals surface area contributed by atoms with Crippen molar-refractivity contribution in [1.82, 2.24) is 5.32 Å². The minimum absolute atomic E-state index is 0.290. The van der Waals surface area contributed by atoms with Crippen LogP contribution in [0.4, 0.5) is 0 Å². The third-order valence-corrected chi connectivity index (χ3v) is 3.87. The fraction of sp³-hybridized carbons (Fsp3) is 0.583. The topological polar surface area (TPSA) is 51.5 Å². The molecule has 0 saturated carbocycles. The Morgan fingerprint density at radius 1 is 1.65 bits per heavy atom. The number of thioether (sulfide) groups is 1. The van der Waals surface area contributed by atoms with Crippen LogP contribution >= 0.6 is 11.8 Å². The molecule has 0 aromatic carbocycles. The van der Waals surface area contributed by atoms with Crippen molar-refractivity contribution >= 4 is 17.7 Å². The van der Waals surface area contributed by atoms with E-state index in [1.807, 2.05) is 0 Å². The number of hydrogen-bond donors (Lipinski definition) is 1. The zero-order chi connectivity index (χ0) is 12.1. The summed E-state index contributed by atoms with van der Waals surface area (Å²) >= 11 is 1.80. The number of furan rings is 1. The van der Waals surface area contributed by atoms with Gasteiger partial charge in [0.25, 0.3) is 0 Å². The van der Waals surface area contributed by atoms with Gasteiger partial charge in [-0.2, -0.15) is 11.8 Å². The Hall–Kier alpha value is -0.940. The van der Waals surface area contributed by atoms with Crippen molar-refractivity contribution < 1.29 is 13.9 Å². The van der Waals surface area contributed by atoms with Gasteiger partial charge in [-0.25, -0.2) is 4.79 Å². The summed E-state index contributed by atoms with van der Waals surface area (Å²) in [7, 11) is 0. The van der Waals surface area contributed by atoms with Crippen LogP contribution in [0.25, 0.3) is 0 Å². The van der Waals surface area contributed by atoms with Gasteiger partial charge < -0.3 is 14.5 Å². The fourth-order valence-electron chi connectivity index (χ4n) is 1.63. The van der Waals surface area contributed by atoms with Gasteiger partial charge in [0.1, 0.15) is 11.3 Å². The Morgan fingerprint density at radius 3 is 3.12 bits per heavy atom. The average molecular weight is 255 g/mol. The molecule has 1 aromatic rings. The molecule has 0 atom stereocenters. The highest BCUT2D eigenvalue weighted by atomic mass is 32.2. The summed E-state index contributed by atoms with van der Waals surface area (Å²) in [6, 6.07) is 1.68. The minimum Gasteiger partial charge on any atom is -0.468 e. The Labute approximate surface area is 105 Å². The number of hydrogen-bond acceptors (Lipinski definition) is 5. The van der Waals surface area contributed by atoms with Gasteiger partial charge in [-0.3, -0.25) is 0 Å². The van der Waals surface area contributed by atoms with Crippen LogP contribution in [-0.4, -0.2) is 31.4 Å². The summed E-state index contributed by atoms with van der Waals surface area (Å²) in [5.41, 5.74) is 0.561. The van der Waals surface area contributed by atoms with E-state index in [-0.39, 0.29) is 5.97 Å². The molecule has 2 rings (SSSR count). The molecule has 4 nitrogen and oxygen atoms in total. The lowest BCUT2D eigenvalue weighted by atomic mass is 10.1. The number of carbonyl (C=O) groups excluding carboxylic acids is 1. The van der Waals surface area contributed by atoms with E-state index >= 15 is 0 Å². The fourth-order valence-corrected chi connectivity index (χ4v) is 2.72. The molecule has 0 bridgehead atoms. The molecule has 0 aliphatic carbocycles. The first-order valence-corrected chi connectivity index (χ1v) is 6.98. The number of nitrogens with one attached hydrogen (secondary N) is 1. The second kappa shape index (κ2) is 6.12. The molecule has 0 radical (unpaired) electrons. The third kappa shape index (κ3) is 3.26. The number of ether oxygens (including phenoxy) is 1. The number of carbonyl (C=O) groups is 1. The van der Waals surface area contributed by atoms with Crippen LogP contribution in [0.3, 0.4) is 0 Å². The van der Waals surface area contributed by atoms with Crippen molar-refractivity contribution in [1.29, 1.82) is 0 Å². The summed E-state index contributed by atoms with van der Waals surface area (Å²) in [5.74, 6) is 3.04. The van der Waals surface area contributed by atoms with Gasteiger partial charge in [0.2, 0.25) is 0 Å². The maximum Gasteiger partial charge on any atom is 0.341 e. The lowest BCUT2D eigenvalue weighted by Crippen LogP contribution is -2.43. The molecule has 94 valence electrons. The van der Waals surface area contributed by atoms with Crippen LogP contribution in [0.1, 0.15) is 23.0 Å². The van der Waals surface area contributed by atoms with Gasteiger partial charge in [-0.15, -0.1) is 0 Å². The lowest BCUT2D eigenvalue weighted by molar-refractivity contribution is 0.0524. The molecule has 1 aromatic heterocycles. The second-order valence-electron chi connectivity index (χ2n) is 4.02. The van der Waals surface area contributed by atoms with Crippen molar-refractivity contribution in [3.05, 3.63) is 23.7 Å². The molecule has 1 aliphatic rings. The molecule has 5 heteroatoms. The minimum atomic E-state index is -0.290. The van der Waals surface area contributed by atoms with Crippen molar-refractivity contribution in [2.45, 2.75) is 12.7 Å². The predicted octanol–water partition coefficient (Wildman–Crippen LogP) is 1.91. The van der Waals surface area contributed by atoms with Gasteiger partial charge in [-0.05, 0) is 37.8 Å². The Morgan fingerprint density at radius 2 is 2.47 bits per heavy atom. The molecule has 1 saturated heterocycles. The van der Waals surface area contributed by atoms with Crippen LogP contribution in [0.2, 0.25) is 0 Å². The molecular formula is C12H17NO3S. The largest absolute Gasteiger partial charge is 0.468 e. The highest BCUT2D eigenvalue weighted by Gasteiger charge is 2.19. The van der Waals surface area contributed by atoms with E-state index in [9.17, 15) is 4.79 Å². The van der Waals surface area contributed by atoms with Gasteiger partial charge in [0, 0.05) is 0 Å². The van der Waals surface area contributed by atoms with Crippen molar-refractivity contribution in [2.24, 2.45) is 5.92 Å². The second-order valence-corrected chi connectivity index (χ2v) is 5.05. The lowest BCUT2D eigenvalue weighted by Gasteiger charge is -2.26. The quantitative estimate of drug-likeness (QED) is 0.787. The van der Waals surface area contributed by atoms with Crippen molar-refractivity contribution in [3.63, 3.8) is 0 Å². The van der Waals surface area contributed by atoms with Crippen molar-refractivity contribution in [3.8, 4) is 0 Å². The van der Waals surface area contributed by atoms with E-state index in [0.717, 1.165) is 36.3 Å². The Balaban J connectivity index is 1.82. The SMILES string of the molecule is CCOC(=O)c1ccoc1CSCC1CNC1. The summed E-state index contributed by atoms with van der Waals surface area (Å²) in [4.78, 5) is 11.6. The van der Waals surface area contributed by atoms with E-state index in [1.165, 1.54) is 0 Å². The Bertz CT molecular complexity index is 374. The first-order valence-electron chi connectivity index (χ1n) is 5.83. The summed E-state index contributed by atoms with van der Waals surface area (Å²) in [6.07, 6.45) is 1.55. The molecule has 0 amide bonds. The zero-order valence-corrected chi connectivity index (χ0v) is 10.7. The molecule has 2 heterocycles. The van der Waals surface area contributed by atoms with Crippen LogP contribution in [0.15, 0.2) is 16.7 Å². The molecular weight excluding hydrogens is 238 g/mol. The maximum atomic E-state index is 11.6. The summed E-state index contributed by atoms with van der Waals surface area (Å²) in [5, 5.41) is 3.24. The maximum absolute atomic E-state index is 11.6. The van der Waals surface area contributed by atoms with Crippen LogP contribution < -0.4 is 5.32 Å². The molecule has 0 unspecified atom stereocenters. The summed E-state index contributed by atoms with van der Waals surface area (Å²) in [6.45, 7) is 4.41. The van der Waals surface area contributed by atoms with Gasteiger partial charge in [0.15, 0.2) is 0 Å². The smallest absolute Gasteiger partial charge is 0.341 e. The van der Waals surface area contributed by atoms with E-state index in [1.54, 1.807) is 31.0 Å². The monoisotopic (exact) mass is 255 g/mol.